The third kappa shape index (κ3) is 2.19. The summed E-state index contributed by atoms with van der Waals surface area (Å²) in [6.45, 7) is 0. The SMILES string of the molecule is COc1ccc(-c2csc3nc(CCl)cc(=O)n23)cc1. The normalized spacial score (nSPS) is 10.9. The number of benzene rings is 1. The average Bonchev–Trinajstić information content (AvgIpc) is 2.91. The monoisotopic (exact) mass is 306 g/mol. The molecule has 3 aromatic rings. The van der Waals surface area contributed by atoms with Gasteiger partial charge in [0, 0.05) is 11.4 Å². The van der Waals surface area contributed by atoms with Gasteiger partial charge in [-0.15, -0.1) is 22.9 Å². The zero-order chi connectivity index (χ0) is 14.1. The maximum atomic E-state index is 12.2. The maximum absolute atomic E-state index is 12.2. The maximum Gasteiger partial charge on any atom is 0.259 e. The topological polar surface area (TPSA) is 43.6 Å². The van der Waals surface area contributed by atoms with Crippen molar-refractivity contribution in [1.82, 2.24) is 9.38 Å². The molecule has 0 saturated heterocycles. The van der Waals surface area contributed by atoms with Crippen molar-refractivity contribution in [3.8, 4) is 17.0 Å². The van der Waals surface area contributed by atoms with Gasteiger partial charge in [-0.2, -0.15) is 0 Å². The van der Waals surface area contributed by atoms with Gasteiger partial charge < -0.3 is 4.74 Å². The Morgan fingerprint density at radius 2 is 2.10 bits per heavy atom. The molecule has 0 fully saturated rings. The number of aromatic nitrogens is 2. The van der Waals surface area contributed by atoms with E-state index in [-0.39, 0.29) is 11.4 Å². The Kier molecular flexibility index (Phi) is 3.46. The Hall–Kier alpha value is -1.85. The minimum absolute atomic E-state index is 0.113. The van der Waals surface area contributed by atoms with Gasteiger partial charge in [-0.05, 0) is 29.8 Å². The highest BCUT2D eigenvalue weighted by Crippen LogP contribution is 2.25. The number of hydrogen-bond donors (Lipinski definition) is 0. The molecule has 6 heteroatoms. The molecular weight excluding hydrogens is 296 g/mol. The van der Waals surface area contributed by atoms with E-state index in [0.717, 1.165) is 17.0 Å². The van der Waals surface area contributed by atoms with Gasteiger partial charge in [-0.3, -0.25) is 9.20 Å². The second-order valence-electron chi connectivity index (χ2n) is 4.19. The number of thiazole rings is 1. The van der Waals surface area contributed by atoms with Crippen molar-refractivity contribution in [3.05, 3.63) is 51.8 Å². The lowest BCUT2D eigenvalue weighted by atomic mass is 10.1. The van der Waals surface area contributed by atoms with Crippen LogP contribution in [-0.4, -0.2) is 16.5 Å². The molecule has 3 rings (SSSR count). The van der Waals surface area contributed by atoms with E-state index in [0.29, 0.717) is 10.7 Å². The average molecular weight is 307 g/mol. The van der Waals surface area contributed by atoms with E-state index in [1.54, 1.807) is 11.5 Å². The van der Waals surface area contributed by atoms with Crippen LogP contribution in [0.4, 0.5) is 0 Å². The number of fused-ring (bicyclic) bond motifs is 1. The van der Waals surface area contributed by atoms with Gasteiger partial charge in [0.1, 0.15) is 5.75 Å². The summed E-state index contributed by atoms with van der Waals surface area (Å²) in [6, 6.07) is 9.04. The summed E-state index contributed by atoms with van der Waals surface area (Å²) in [5.74, 6) is 1.02. The minimum Gasteiger partial charge on any atom is -0.497 e. The smallest absolute Gasteiger partial charge is 0.259 e. The lowest BCUT2D eigenvalue weighted by molar-refractivity contribution is 0.415. The first-order valence-corrected chi connectivity index (χ1v) is 7.35. The van der Waals surface area contributed by atoms with Crippen molar-refractivity contribution in [2.45, 2.75) is 5.88 Å². The number of rotatable bonds is 3. The van der Waals surface area contributed by atoms with Crippen molar-refractivity contribution < 1.29 is 4.74 Å². The van der Waals surface area contributed by atoms with Crippen LogP contribution in [0.5, 0.6) is 5.75 Å². The predicted octanol–water partition coefficient (Wildman–Crippen LogP) is 3.17. The summed E-state index contributed by atoms with van der Waals surface area (Å²) in [5, 5.41) is 1.92. The van der Waals surface area contributed by atoms with E-state index in [4.69, 9.17) is 16.3 Å². The lowest BCUT2D eigenvalue weighted by Crippen LogP contribution is -2.14. The molecule has 102 valence electrons. The van der Waals surface area contributed by atoms with E-state index >= 15 is 0 Å². The standard InChI is InChI=1S/C14H11ClN2O2S/c1-19-11-4-2-9(3-5-11)12-8-20-14-16-10(7-15)6-13(18)17(12)14/h2-6,8H,7H2,1H3. The molecule has 0 saturated carbocycles. The number of hydrogen-bond acceptors (Lipinski definition) is 4. The van der Waals surface area contributed by atoms with Gasteiger partial charge in [0.05, 0.1) is 24.4 Å². The molecule has 0 spiro atoms. The first-order valence-electron chi connectivity index (χ1n) is 5.93. The molecule has 2 heterocycles. The fraction of sp³-hybridized carbons (Fsp3) is 0.143. The molecule has 20 heavy (non-hydrogen) atoms. The lowest BCUT2D eigenvalue weighted by Gasteiger charge is -2.04. The quantitative estimate of drug-likeness (QED) is 0.698. The molecule has 0 aliphatic heterocycles. The predicted molar refractivity (Wildman–Crippen MR) is 80.9 cm³/mol. The summed E-state index contributed by atoms with van der Waals surface area (Å²) in [5.41, 5.74) is 2.25. The second kappa shape index (κ2) is 5.26. The first-order chi connectivity index (χ1) is 9.72. The highest BCUT2D eigenvalue weighted by Gasteiger charge is 2.10. The Bertz CT molecular complexity index is 808. The second-order valence-corrected chi connectivity index (χ2v) is 5.29. The van der Waals surface area contributed by atoms with Crippen LogP contribution >= 0.6 is 22.9 Å². The first kappa shape index (κ1) is 13.1. The Labute approximate surface area is 124 Å². The van der Waals surface area contributed by atoms with Crippen molar-refractivity contribution in [3.63, 3.8) is 0 Å². The molecular formula is C14H11ClN2O2S. The van der Waals surface area contributed by atoms with Crippen LogP contribution in [0, 0.1) is 0 Å². The molecule has 0 unspecified atom stereocenters. The van der Waals surface area contributed by atoms with Crippen LogP contribution in [0.1, 0.15) is 5.69 Å². The fourth-order valence-electron chi connectivity index (χ4n) is 2.00. The molecule has 0 atom stereocenters. The van der Waals surface area contributed by atoms with Crippen LogP contribution in [-0.2, 0) is 5.88 Å². The van der Waals surface area contributed by atoms with Gasteiger partial charge in [0.25, 0.3) is 5.56 Å². The highest BCUT2D eigenvalue weighted by atomic mass is 35.5. The minimum atomic E-state index is -0.113. The fourth-order valence-corrected chi connectivity index (χ4v) is 3.06. The van der Waals surface area contributed by atoms with Gasteiger partial charge in [-0.25, -0.2) is 4.98 Å². The summed E-state index contributed by atoms with van der Waals surface area (Å²) in [7, 11) is 1.62. The summed E-state index contributed by atoms with van der Waals surface area (Å²) < 4.78 is 6.73. The van der Waals surface area contributed by atoms with Gasteiger partial charge in [-0.1, -0.05) is 0 Å². The third-order valence-corrected chi connectivity index (χ3v) is 4.08. The van der Waals surface area contributed by atoms with E-state index in [2.05, 4.69) is 4.98 Å². The van der Waals surface area contributed by atoms with Crippen LogP contribution in [0.25, 0.3) is 16.2 Å². The molecule has 0 radical (unpaired) electrons. The van der Waals surface area contributed by atoms with Crippen molar-refractivity contribution in [2.75, 3.05) is 7.11 Å². The number of nitrogens with zero attached hydrogens (tertiary/aromatic N) is 2. The van der Waals surface area contributed by atoms with E-state index in [1.165, 1.54) is 17.4 Å². The van der Waals surface area contributed by atoms with Crippen LogP contribution in [0.3, 0.4) is 0 Å². The largest absolute Gasteiger partial charge is 0.497 e. The van der Waals surface area contributed by atoms with E-state index in [1.807, 2.05) is 29.6 Å². The van der Waals surface area contributed by atoms with Crippen molar-refractivity contribution >= 4 is 27.9 Å². The third-order valence-electron chi connectivity index (χ3n) is 2.98. The van der Waals surface area contributed by atoms with Crippen LogP contribution in [0.2, 0.25) is 0 Å². The Morgan fingerprint density at radius 3 is 2.75 bits per heavy atom. The van der Waals surface area contributed by atoms with Crippen molar-refractivity contribution in [2.24, 2.45) is 0 Å². The van der Waals surface area contributed by atoms with Gasteiger partial charge in [0.15, 0.2) is 4.96 Å². The molecule has 0 aliphatic rings. The summed E-state index contributed by atoms with van der Waals surface area (Å²) in [6.07, 6.45) is 0. The summed E-state index contributed by atoms with van der Waals surface area (Å²) >= 11 is 7.16. The molecule has 4 nitrogen and oxygen atoms in total. The van der Waals surface area contributed by atoms with Crippen LogP contribution < -0.4 is 10.3 Å². The highest BCUT2D eigenvalue weighted by molar-refractivity contribution is 7.15. The summed E-state index contributed by atoms with van der Waals surface area (Å²) in [4.78, 5) is 17.2. The zero-order valence-electron chi connectivity index (χ0n) is 10.7. The Morgan fingerprint density at radius 1 is 1.35 bits per heavy atom. The van der Waals surface area contributed by atoms with E-state index < -0.39 is 0 Å². The molecule has 0 aliphatic carbocycles. The van der Waals surface area contributed by atoms with Gasteiger partial charge in [0.2, 0.25) is 0 Å². The molecule has 0 N–H and O–H groups in total. The number of methoxy groups -OCH3 is 1. The van der Waals surface area contributed by atoms with Gasteiger partial charge >= 0.3 is 0 Å². The number of halogens is 1. The molecule has 1 aromatic carbocycles. The molecule has 0 amide bonds. The van der Waals surface area contributed by atoms with Crippen LogP contribution in [0.15, 0.2) is 40.5 Å². The van der Waals surface area contributed by atoms with E-state index in [9.17, 15) is 4.79 Å². The Balaban J connectivity index is 2.19. The zero-order valence-corrected chi connectivity index (χ0v) is 12.2. The van der Waals surface area contributed by atoms with Crippen molar-refractivity contribution in [1.29, 1.82) is 0 Å². The molecule has 2 aromatic heterocycles. The molecule has 0 bridgehead atoms. The number of ether oxygens (including phenoxy) is 1. The number of alkyl halides is 1.